The van der Waals surface area contributed by atoms with Crippen molar-refractivity contribution < 1.29 is 22.7 Å². The lowest BCUT2D eigenvalue weighted by Crippen LogP contribution is -2.37. The summed E-state index contributed by atoms with van der Waals surface area (Å²) in [7, 11) is -1.26. The van der Waals surface area contributed by atoms with Gasteiger partial charge in [-0.2, -0.15) is 4.31 Å². The topological polar surface area (TPSA) is 84.9 Å². The highest BCUT2D eigenvalue weighted by molar-refractivity contribution is 7.89. The third-order valence-electron chi connectivity index (χ3n) is 5.18. The molecule has 0 spiro atoms. The summed E-state index contributed by atoms with van der Waals surface area (Å²) in [6.45, 7) is 3.46. The minimum atomic E-state index is -4.11. The van der Waals surface area contributed by atoms with Gasteiger partial charge in [-0.05, 0) is 48.7 Å². The van der Waals surface area contributed by atoms with Crippen LogP contribution in [0, 0.1) is 13.8 Å². The van der Waals surface area contributed by atoms with Gasteiger partial charge in [0.1, 0.15) is 16.4 Å². The van der Waals surface area contributed by atoms with Gasteiger partial charge < -0.3 is 14.8 Å². The van der Waals surface area contributed by atoms with E-state index in [0.717, 1.165) is 21.0 Å². The zero-order valence-corrected chi connectivity index (χ0v) is 20.0. The van der Waals surface area contributed by atoms with Gasteiger partial charge in [0.05, 0.1) is 20.8 Å². The van der Waals surface area contributed by atoms with Gasteiger partial charge in [0.15, 0.2) is 0 Å². The maximum absolute atomic E-state index is 13.7. The van der Waals surface area contributed by atoms with E-state index in [2.05, 4.69) is 5.32 Å². The van der Waals surface area contributed by atoms with E-state index in [4.69, 9.17) is 9.47 Å². The SMILES string of the molecule is COc1ccc(OC)c(S(=O)(=O)N(CC(=O)Nc2cc(C)ccc2C)Cc2ccccc2)c1. The number of hydrogen-bond acceptors (Lipinski definition) is 5. The molecule has 0 aliphatic rings. The largest absolute Gasteiger partial charge is 0.497 e. The molecule has 7 nitrogen and oxygen atoms in total. The van der Waals surface area contributed by atoms with Gasteiger partial charge in [-0.1, -0.05) is 42.5 Å². The molecule has 1 amide bonds. The fourth-order valence-electron chi connectivity index (χ4n) is 3.36. The summed E-state index contributed by atoms with van der Waals surface area (Å²) in [6, 6.07) is 19.4. The standard InChI is InChI=1S/C25H28N2O5S/c1-18-10-11-19(2)22(14-18)26-25(28)17-27(16-20-8-6-5-7-9-20)33(29,30)24-15-21(31-3)12-13-23(24)32-4/h5-15H,16-17H2,1-4H3,(H,26,28). The molecule has 0 bridgehead atoms. The minimum Gasteiger partial charge on any atom is -0.497 e. The number of hydrogen-bond donors (Lipinski definition) is 1. The second kappa shape index (κ2) is 10.5. The van der Waals surface area contributed by atoms with Gasteiger partial charge in [0, 0.05) is 18.3 Å². The van der Waals surface area contributed by atoms with Gasteiger partial charge in [0.25, 0.3) is 0 Å². The van der Waals surface area contributed by atoms with Crippen molar-refractivity contribution in [3.63, 3.8) is 0 Å². The van der Waals surface area contributed by atoms with Gasteiger partial charge in [0.2, 0.25) is 15.9 Å². The Hall–Kier alpha value is -3.36. The zero-order chi connectivity index (χ0) is 24.0. The number of rotatable bonds is 9. The average Bonchev–Trinajstić information content (AvgIpc) is 2.81. The summed E-state index contributed by atoms with van der Waals surface area (Å²) in [5, 5.41) is 2.84. The third kappa shape index (κ3) is 5.91. The minimum absolute atomic E-state index is 0.0176. The van der Waals surface area contributed by atoms with E-state index in [1.807, 2.05) is 62.4 Å². The van der Waals surface area contributed by atoms with Crippen LogP contribution < -0.4 is 14.8 Å². The quantitative estimate of drug-likeness (QED) is 0.510. The number of methoxy groups -OCH3 is 2. The smallest absolute Gasteiger partial charge is 0.247 e. The van der Waals surface area contributed by atoms with Gasteiger partial charge in [-0.3, -0.25) is 4.79 Å². The summed E-state index contributed by atoms with van der Waals surface area (Å²) < 4.78 is 39.1. The Bertz CT molecular complexity index is 1230. The molecule has 174 valence electrons. The first-order valence-electron chi connectivity index (χ1n) is 10.4. The Morgan fingerprint density at radius 2 is 1.67 bits per heavy atom. The summed E-state index contributed by atoms with van der Waals surface area (Å²) in [4.78, 5) is 12.9. The molecule has 0 aromatic heterocycles. The van der Waals surface area contributed by atoms with Crippen molar-refractivity contribution in [3.05, 3.63) is 83.4 Å². The average molecular weight is 469 g/mol. The van der Waals surface area contributed by atoms with Crippen LogP contribution in [0.3, 0.4) is 0 Å². The Labute approximate surface area is 195 Å². The Balaban J connectivity index is 1.97. The predicted molar refractivity (Wildman–Crippen MR) is 128 cm³/mol. The lowest BCUT2D eigenvalue weighted by Gasteiger charge is -2.23. The van der Waals surface area contributed by atoms with Crippen LogP contribution in [0.4, 0.5) is 5.69 Å². The lowest BCUT2D eigenvalue weighted by molar-refractivity contribution is -0.116. The molecule has 0 atom stereocenters. The number of aryl methyl sites for hydroxylation is 2. The van der Waals surface area contributed by atoms with Crippen molar-refractivity contribution in [3.8, 4) is 11.5 Å². The van der Waals surface area contributed by atoms with Crippen LogP contribution in [0.2, 0.25) is 0 Å². The molecule has 3 aromatic rings. The molecule has 0 unspecified atom stereocenters. The zero-order valence-electron chi connectivity index (χ0n) is 19.2. The monoisotopic (exact) mass is 468 g/mol. The second-order valence-corrected chi connectivity index (χ2v) is 9.55. The van der Waals surface area contributed by atoms with E-state index in [1.54, 1.807) is 6.07 Å². The highest BCUT2D eigenvalue weighted by Crippen LogP contribution is 2.31. The van der Waals surface area contributed by atoms with Crippen molar-refractivity contribution in [2.24, 2.45) is 0 Å². The Morgan fingerprint density at radius 1 is 0.939 bits per heavy atom. The molecule has 8 heteroatoms. The number of nitrogens with one attached hydrogen (secondary N) is 1. The number of carbonyl (C=O) groups is 1. The summed E-state index contributed by atoms with van der Waals surface area (Å²) >= 11 is 0. The maximum atomic E-state index is 13.7. The van der Waals surface area contributed by atoms with Gasteiger partial charge in [-0.25, -0.2) is 8.42 Å². The van der Waals surface area contributed by atoms with E-state index < -0.39 is 15.9 Å². The van der Waals surface area contributed by atoms with Crippen LogP contribution in [0.25, 0.3) is 0 Å². The lowest BCUT2D eigenvalue weighted by atomic mass is 10.1. The van der Waals surface area contributed by atoms with E-state index in [0.29, 0.717) is 11.4 Å². The number of nitrogens with zero attached hydrogens (tertiary/aromatic N) is 1. The highest BCUT2D eigenvalue weighted by Gasteiger charge is 2.30. The van der Waals surface area contributed by atoms with E-state index in [1.165, 1.54) is 26.4 Å². The number of sulfonamides is 1. The van der Waals surface area contributed by atoms with Gasteiger partial charge in [-0.15, -0.1) is 0 Å². The molecule has 0 saturated heterocycles. The Morgan fingerprint density at radius 3 is 2.33 bits per heavy atom. The van der Waals surface area contributed by atoms with Crippen molar-refractivity contribution in [2.45, 2.75) is 25.3 Å². The van der Waals surface area contributed by atoms with Crippen LogP contribution >= 0.6 is 0 Å². The number of carbonyl (C=O) groups excluding carboxylic acids is 1. The molecule has 0 aliphatic heterocycles. The predicted octanol–water partition coefficient (Wildman–Crippen LogP) is 4.15. The number of ether oxygens (including phenoxy) is 2. The first-order chi connectivity index (χ1) is 15.7. The molecule has 1 N–H and O–H groups in total. The molecule has 3 aromatic carbocycles. The van der Waals surface area contributed by atoms with E-state index in [-0.39, 0.29) is 23.7 Å². The number of anilines is 1. The third-order valence-corrected chi connectivity index (χ3v) is 6.99. The fourth-order valence-corrected chi connectivity index (χ4v) is 4.91. The Kier molecular flexibility index (Phi) is 7.73. The van der Waals surface area contributed by atoms with E-state index in [9.17, 15) is 13.2 Å². The molecule has 0 aliphatic carbocycles. The van der Waals surface area contributed by atoms with Crippen LogP contribution in [0.15, 0.2) is 71.6 Å². The molecule has 3 rings (SSSR count). The normalized spacial score (nSPS) is 11.3. The molecule has 0 saturated carbocycles. The first-order valence-corrected chi connectivity index (χ1v) is 11.8. The number of benzene rings is 3. The van der Waals surface area contributed by atoms with Crippen LogP contribution in [0.1, 0.15) is 16.7 Å². The van der Waals surface area contributed by atoms with Crippen molar-refractivity contribution >= 4 is 21.6 Å². The molecular weight excluding hydrogens is 440 g/mol. The highest BCUT2D eigenvalue weighted by atomic mass is 32.2. The van der Waals surface area contributed by atoms with Crippen molar-refractivity contribution in [2.75, 3.05) is 26.1 Å². The fraction of sp³-hybridized carbons (Fsp3) is 0.240. The summed E-state index contributed by atoms with van der Waals surface area (Å²) in [5.74, 6) is 0.0998. The first kappa shape index (κ1) is 24.3. The number of amides is 1. The second-order valence-electron chi connectivity index (χ2n) is 7.64. The van der Waals surface area contributed by atoms with Crippen LogP contribution in [-0.2, 0) is 21.4 Å². The summed E-state index contributed by atoms with van der Waals surface area (Å²) in [5.41, 5.74) is 3.28. The van der Waals surface area contributed by atoms with Crippen LogP contribution in [-0.4, -0.2) is 39.4 Å². The summed E-state index contributed by atoms with van der Waals surface area (Å²) in [6.07, 6.45) is 0. The van der Waals surface area contributed by atoms with Crippen LogP contribution in [0.5, 0.6) is 11.5 Å². The van der Waals surface area contributed by atoms with Crippen molar-refractivity contribution in [1.82, 2.24) is 4.31 Å². The van der Waals surface area contributed by atoms with Crippen molar-refractivity contribution in [1.29, 1.82) is 0 Å². The molecular formula is C25H28N2O5S. The maximum Gasteiger partial charge on any atom is 0.247 e. The van der Waals surface area contributed by atoms with Gasteiger partial charge >= 0.3 is 0 Å². The molecule has 0 heterocycles. The van der Waals surface area contributed by atoms with E-state index >= 15 is 0 Å². The molecule has 0 fully saturated rings. The molecule has 0 radical (unpaired) electrons. The molecule has 33 heavy (non-hydrogen) atoms.